The predicted molar refractivity (Wildman–Crippen MR) is 116 cm³/mol. The van der Waals surface area contributed by atoms with E-state index in [4.69, 9.17) is 5.10 Å². The quantitative estimate of drug-likeness (QED) is 0.416. The van der Waals surface area contributed by atoms with Crippen molar-refractivity contribution in [3.05, 3.63) is 77.1 Å². The fraction of sp³-hybridized carbons (Fsp3) is 0.208. The van der Waals surface area contributed by atoms with Gasteiger partial charge in [-0.2, -0.15) is 5.10 Å². The lowest BCUT2D eigenvalue weighted by molar-refractivity contribution is 0.823. The number of para-hydroxylation sites is 2. The summed E-state index contributed by atoms with van der Waals surface area (Å²) in [6, 6.07) is 17.1. The zero-order chi connectivity index (χ0) is 18.5. The molecule has 2 aromatic carbocycles. The van der Waals surface area contributed by atoms with E-state index in [0.29, 0.717) is 0 Å². The van der Waals surface area contributed by atoms with Gasteiger partial charge in [0.1, 0.15) is 0 Å². The maximum Gasteiger partial charge on any atom is 0.0844 e. The van der Waals surface area contributed by atoms with E-state index >= 15 is 0 Å². The van der Waals surface area contributed by atoms with Crippen LogP contribution in [0, 0.1) is 0 Å². The number of H-pyrrole nitrogens is 2. The van der Waals surface area contributed by atoms with Crippen LogP contribution in [-0.4, -0.2) is 15.7 Å². The third-order valence-corrected chi connectivity index (χ3v) is 6.08. The van der Waals surface area contributed by atoms with Crippen molar-refractivity contribution in [3.63, 3.8) is 0 Å². The Morgan fingerprint density at radius 1 is 0.750 bits per heavy atom. The van der Waals surface area contributed by atoms with Crippen molar-refractivity contribution in [2.45, 2.75) is 32.1 Å². The smallest absolute Gasteiger partial charge is 0.0844 e. The monoisotopic (exact) mass is 366 g/mol. The van der Waals surface area contributed by atoms with Gasteiger partial charge in [-0.15, -0.1) is 0 Å². The number of hydrogen-bond acceptors (Lipinski definition) is 2. The molecule has 0 fully saturated rings. The molecule has 2 aromatic heterocycles. The average Bonchev–Trinajstić information content (AvgIpc) is 3.31. The zero-order valence-corrected chi connectivity index (χ0v) is 15.7. The Morgan fingerprint density at radius 3 is 2.21 bits per heavy atom. The summed E-state index contributed by atoms with van der Waals surface area (Å²) in [7, 11) is 0. The second-order valence-corrected chi connectivity index (χ2v) is 7.73. The second-order valence-electron chi connectivity index (χ2n) is 7.73. The van der Waals surface area contributed by atoms with Crippen LogP contribution in [0.2, 0.25) is 0 Å². The number of nitrogens with zero attached hydrogens (tertiary/aromatic N) is 1. The number of aromatic nitrogens is 2. The molecule has 4 heteroatoms. The summed E-state index contributed by atoms with van der Waals surface area (Å²) in [5.41, 5.74) is 13.2. The number of fused-ring (bicyclic) bond motifs is 6. The van der Waals surface area contributed by atoms with E-state index in [9.17, 15) is 0 Å². The average molecular weight is 366 g/mol. The Hall–Kier alpha value is -3.27. The number of hydrazone groups is 1. The highest BCUT2D eigenvalue weighted by atomic mass is 15.3. The van der Waals surface area contributed by atoms with Crippen LogP contribution < -0.4 is 5.43 Å². The highest BCUT2D eigenvalue weighted by Crippen LogP contribution is 2.32. The molecule has 2 aliphatic carbocycles. The first-order valence-electron chi connectivity index (χ1n) is 10.1. The standard InChI is InChI=1S/C24H22N4/c1-3-11-19-15(7-1)17-9-5-13-21(23(17)25-19)27-28-22-14-6-10-18-16-8-2-4-12-20(16)26-24(18)22/h1-4,7-8,11-13,25-27H,5-6,9-10,14H2/b28-22+. The van der Waals surface area contributed by atoms with E-state index < -0.39 is 0 Å². The fourth-order valence-corrected chi connectivity index (χ4v) is 4.76. The molecule has 4 aromatic rings. The minimum Gasteiger partial charge on any atom is -0.353 e. The van der Waals surface area contributed by atoms with Crippen LogP contribution in [0.15, 0.2) is 59.7 Å². The number of rotatable bonds is 2. The summed E-state index contributed by atoms with van der Waals surface area (Å²) in [6.45, 7) is 0. The van der Waals surface area contributed by atoms with Crippen LogP contribution in [0.4, 0.5) is 0 Å². The van der Waals surface area contributed by atoms with Gasteiger partial charge in [0.15, 0.2) is 0 Å². The van der Waals surface area contributed by atoms with Crippen LogP contribution in [0.1, 0.15) is 41.8 Å². The van der Waals surface area contributed by atoms with Crippen molar-refractivity contribution in [1.29, 1.82) is 0 Å². The van der Waals surface area contributed by atoms with Gasteiger partial charge >= 0.3 is 0 Å². The van der Waals surface area contributed by atoms with E-state index in [1.807, 2.05) is 0 Å². The molecule has 138 valence electrons. The first-order chi connectivity index (χ1) is 13.9. The molecule has 3 N–H and O–H groups in total. The highest BCUT2D eigenvalue weighted by Gasteiger charge is 2.22. The molecule has 28 heavy (non-hydrogen) atoms. The van der Waals surface area contributed by atoms with E-state index in [-0.39, 0.29) is 0 Å². The third-order valence-electron chi connectivity index (χ3n) is 6.08. The highest BCUT2D eigenvalue weighted by molar-refractivity contribution is 6.06. The van der Waals surface area contributed by atoms with E-state index in [0.717, 1.165) is 43.5 Å². The molecule has 0 radical (unpaired) electrons. The lowest BCUT2D eigenvalue weighted by atomic mass is 9.94. The molecule has 0 atom stereocenters. The number of benzene rings is 2. The Balaban J connectivity index is 1.38. The first-order valence-corrected chi connectivity index (χ1v) is 10.1. The summed E-state index contributed by atoms with van der Waals surface area (Å²) in [4.78, 5) is 7.18. The zero-order valence-electron chi connectivity index (χ0n) is 15.7. The molecule has 0 unspecified atom stereocenters. The van der Waals surface area contributed by atoms with Crippen LogP contribution >= 0.6 is 0 Å². The van der Waals surface area contributed by atoms with Crippen molar-refractivity contribution in [2.75, 3.05) is 0 Å². The molecule has 2 aliphatic rings. The maximum atomic E-state index is 4.86. The van der Waals surface area contributed by atoms with Crippen molar-refractivity contribution < 1.29 is 0 Å². The molecule has 0 saturated heterocycles. The van der Waals surface area contributed by atoms with Gasteiger partial charge < -0.3 is 9.97 Å². The van der Waals surface area contributed by atoms with Gasteiger partial charge in [0.05, 0.1) is 22.8 Å². The number of aromatic amines is 2. The molecular weight excluding hydrogens is 344 g/mol. The Morgan fingerprint density at radius 2 is 1.43 bits per heavy atom. The molecule has 0 saturated carbocycles. The molecule has 6 rings (SSSR count). The fourth-order valence-electron chi connectivity index (χ4n) is 4.76. The third kappa shape index (κ3) is 2.34. The van der Waals surface area contributed by atoms with Crippen LogP contribution in [-0.2, 0) is 12.8 Å². The number of allylic oxidation sites excluding steroid dienone is 1. The van der Waals surface area contributed by atoms with Crippen LogP contribution in [0.25, 0.3) is 27.5 Å². The first kappa shape index (κ1) is 15.8. The van der Waals surface area contributed by atoms with Gasteiger partial charge in [0.25, 0.3) is 0 Å². The summed E-state index contributed by atoms with van der Waals surface area (Å²) in [5.74, 6) is 0. The largest absolute Gasteiger partial charge is 0.353 e. The summed E-state index contributed by atoms with van der Waals surface area (Å²) < 4.78 is 0. The Labute approximate surface area is 163 Å². The number of hydrogen-bond donors (Lipinski definition) is 3. The molecule has 0 aliphatic heterocycles. The molecule has 0 spiro atoms. The van der Waals surface area contributed by atoms with Crippen LogP contribution in [0.5, 0.6) is 0 Å². The minimum absolute atomic E-state index is 1.000. The molecule has 0 amide bonds. The second kappa shape index (κ2) is 6.13. The van der Waals surface area contributed by atoms with Gasteiger partial charge in [0.2, 0.25) is 0 Å². The summed E-state index contributed by atoms with van der Waals surface area (Å²) in [5, 5.41) is 7.52. The normalized spacial score (nSPS) is 17.6. The van der Waals surface area contributed by atoms with E-state index in [2.05, 4.69) is 70.0 Å². The molecular formula is C24H22N4. The minimum atomic E-state index is 1.000. The van der Waals surface area contributed by atoms with Crippen molar-refractivity contribution in [1.82, 2.24) is 15.4 Å². The number of aryl methyl sites for hydroxylation is 2. The van der Waals surface area contributed by atoms with Crippen molar-refractivity contribution >= 4 is 33.2 Å². The van der Waals surface area contributed by atoms with Crippen LogP contribution in [0.3, 0.4) is 0 Å². The Kier molecular flexibility index (Phi) is 3.45. The van der Waals surface area contributed by atoms with Gasteiger partial charge in [-0.1, -0.05) is 42.5 Å². The van der Waals surface area contributed by atoms with Gasteiger partial charge in [-0.25, -0.2) is 0 Å². The van der Waals surface area contributed by atoms with E-state index in [1.165, 1.54) is 44.3 Å². The lowest BCUT2D eigenvalue weighted by Gasteiger charge is -2.17. The Bertz CT molecular complexity index is 1270. The molecule has 2 heterocycles. The van der Waals surface area contributed by atoms with Crippen molar-refractivity contribution in [3.8, 4) is 0 Å². The summed E-state index contributed by atoms with van der Waals surface area (Å²) in [6.07, 6.45) is 7.64. The maximum absolute atomic E-state index is 4.86. The van der Waals surface area contributed by atoms with E-state index in [1.54, 1.807) is 0 Å². The SMILES string of the molecule is C1=C(N/N=C2\CCCc3c2[nH]c2ccccc32)c2[nH]c3ccccc3c2CC1. The topological polar surface area (TPSA) is 56.0 Å². The summed E-state index contributed by atoms with van der Waals surface area (Å²) >= 11 is 0. The van der Waals surface area contributed by atoms with Crippen molar-refractivity contribution in [2.24, 2.45) is 5.10 Å². The van der Waals surface area contributed by atoms with Gasteiger partial charge in [0, 0.05) is 21.8 Å². The number of nitrogens with one attached hydrogen (secondary N) is 3. The van der Waals surface area contributed by atoms with Gasteiger partial charge in [-0.05, 0) is 55.4 Å². The predicted octanol–water partition coefficient (Wildman–Crippen LogP) is 5.27. The van der Waals surface area contributed by atoms with Gasteiger partial charge in [-0.3, -0.25) is 5.43 Å². The molecule has 0 bridgehead atoms. The lowest BCUT2D eigenvalue weighted by Crippen LogP contribution is -2.17. The molecule has 4 nitrogen and oxygen atoms in total.